The summed E-state index contributed by atoms with van der Waals surface area (Å²) >= 11 is 0. The number of piperidine rings is 1. The summed E-state index contributed by atoms with van der Waals surface area (Å²) in [6.45, 7) is 5.55. The summed E-state index contributed by atoms with van der Waals surface area (Å²) < 4.78 is 12.9. The molecule has 0 aromatic carbocycles. The van der Waals surface area contributed by atoms with Gasteiger partial charge in [0, 0.05) is 26.6 Å². The fourth-order valence-electron chi connectivity index (χ4n) is 1.53. The largest absolute Gasteiger partial charge is 0.326 e. The summed E-state index contributed by atoms with van der Waals surface area (Å²) in [7, 11) is 0. The Kier molecular flexibility index (Phi) is 2.84. The van der Waals surface area contributed by atoms with Crippen molar-refractivity contribution in [1.82, 2.24) is 4.90 Å². The molecule has 0 aliphatic carbocycles. The Balaban J connectivity index is 0.00000121. The molecule has 0 radical (unpaired) electrons. The van der Waals surface area contributed by atoms with E-state index in [2.05, 4.69) is 18.7 Å². The van der Waals surface area contributed by atoms with Gasteiger partial charge in [-0.25, -0.2) is 4.39 Å². The van der Waals surface area contributed by atoms with Crippen molar-refractivity contribution in [3.8, 4) is 0 Å². The van der Waals surface area contributed by atoms with E-state index in [4.69, 9.17) is 5.73 Å². The molecule has 0 aromatic heterocycles. The molecule has 1 saturated heterocycles. The predicted molar refractivity (Wildman–Crippen MR) is 46.3 cm³/mol. The van der Waals surface area contributed by atoms with Gasteiger partial charge in [-0.05, 0) is 20.3 Å². The van der Waals surface area contributed by atoms with Crippen LogP contribution in [0.5, 0.6) is 0 Å². The van der Waals surface area contributed by atoms with Crippen LogP contribution < -0.4 is 5.73 Å². The van der Waals surface area contributed by atoms with Crippen molar-refractivity contribution in [2.45, 2.75) is 38.5 Å². The fourth-order valence-corrected chi connectivity index (χ4v) is 1.53. The highest BCUT2D eigenvalue weighted by molar-refractivity contribution is 4.82. The van der Waals surface area contributed by atoms with E-state index < -0.39 is 6.17 Å². The molecule has 1 heterocycles. The van der Waals surface area contributed by atoms with Gasteiger partial charge >= 0.3 is 0 Å². The number of likely N-dealkylation sites (tertiary alicyclic amines) is 1. The van der Waals surface area contributed by atoms with Crippen LogP contribution in [0.25, 0.3) is 0 Å². The molecule has 0 aromatic rings. The molecule has 68 valence electrons. The van der Waals surface area contributed by atoms with Gasteiger partial charge < -0.3 is 5.73 Å². The first-order valence-corrected chi connectivity index (χ1v) is 4.23. The first-order chi connectivity index (χ1) is 5.09. The molecule has 0 spiro atoms. The molecule has 2 nitrogen and oxygen atoms in total. The highest BCUT2D eigenvalue weighted by atomic mass is 19.1. The molecule has 2 N–H and O–H groups in total. The highest BCUT2D eigenvalue weighted by Gasteiger charge is 2.25. The third-order valence-corrected chi connectivity index (χ3v) is 2.19. The van der Waals surface area contributed by atoms with Crippen molar-refractivity contribution in [3.05, 3.63) is 0 Å². The standard InChI is InChI=1S/C8H17FN2.H2/c1-6(2)11-4-7(9)3-8(10)5-11;/h6-8H,3-5,10H2,1-2H3;1H. The van der Waals surface area contributed by atoms with E-state index in [9.17, 15) is 4.39 Å². The first kappa shape index (κ1) is 8.94. The lowest BCUT2D eigenvalue weighted by Crippen LogP contribution is -2.50. The van der Waals surface area contributed by atoms with Crippen molar-refractivity contribution < 1.29 is 5.82 Å². The molecule has 1 rings (SSSR count). The summed E-state index contributed by atoms with van der Waals surface area (Å²) in [5, 5.41) is 0. The quantitative estimate of drug-likeness (QED) is 0.623. The molecular formula is C8H19FN2. The van der Waals surface area contributed by atoms with Crippen LogP contribution in [0.2, 0.25) is 0 Å². The maximum Gasteiger partial charge on any atom is 0.114 e. The van der Waals surface area contributed by atoms with Gasteiger partial charge in [0.15, 0.2) is 0 Å². The molecule has 1 aliphatic heterocycles. The minimum atomic E-state index is -0.721. The Morgan fingerprint density at radius 3 is 2.64 bits per heavy atom. The molecule has 1 aliphatic rings. The van der Waals surface area contributed by atoms with Gasteiger partial charge in [-0.1, -0.05) is 0 Å². The van der Waals surface area contributed by atoms with Crippen molar-refractivity contribution in [2.75, 3.05) is 13.1 Å². The van der Waals surface area contributed by atoms with Crippen LogP contribution in [-0.2, 0) is 0 Å². The Labute approximate surface area is 69.0 Å². The molecule has 2 atom stereocenters. The molecule has 0 bridgehead atoms. The van der Waals surface area contributed by atoms with E-state index in [0.29, 0.717) is 19.0 Å². The number of halogens is 1. The third-order valence-electron chi connectivity index (χ3n) is 2.19. The minimum absolute atomic E-state index is 0. The van der Waals surface area contributed by atoms with E-state index in [-0.39, 0.29) is 7.47 Å². The van der Waals surface area contributed by atoms with E-state index >= 15 is 0 Å². The third kappa shape index (κ3) is 2.42. The predicted octanol–water partition coefficient (Wildman–Crippen LogP) is 1.01. The molecular weight excluding hydrogens is 143 g/mol. The zero-order valence-corrected chi connectivity index (χ0v) is 7.26. The summed E-state index contributed by atoms with van der Waals surface area (Å²) in [6, 6.07) is 0.445. The number of alkyl halides is 1. The average molecular weight is 162 g/mol. The van der Waals surface area contributed by atoms with Crippen LogP contribution in [0, 0.1) is 0 Å². The molecule has 0 saturated carbocycles. The normalized spacial score (nSPS) is 34.6. The zero-order valence-electron chi connectivity index (χ0n) is 7.26. The topological polar surface area (TPSA) is 29.3 Å². The van der Waals surface area contributed by atoms with Gasteiger partial charge in [0.05, 0.1) is 0 Å². The second-order valence-corrected chi connectivity index (χ2v) is 3.64. The Hall–Kier alpha value is -0.150. The maximum atomic E-state index is 12.9. The van der Waals surface area contributed by atoms with Crippen LogP contribution in [0.15, 0.2) is 0 Å². The van der Waals surface area contributed by atoms with E-state index in [1.165, 1.54) is 0 Å². The molecule has 2 unspecified atom stereocenters. The van der Waals surface area contributed by atoms with E-state index in [0.717, 1.165) is 6.54 Å². The summed E-state index contributed by atoms with van der Waals surface area (Å²) in [5.74, 6) is 0. The molecule has 1 fully saturated rings. The minimum Gasteiger partial charge on any atom is -0.326 e. The van der Waals surface area contributed by atoms with Crippen LogP contribution in [-0.4, -0.2) is 36.2 Å². The van der Waals surface area contributed by atoms with Crippen molar-refractivity contribution in [1.29, 1.82) is 0 Å². The summed E-state index contributed by atoms with van der Waals surface area (Å²) in [5.41, 5.74) is 5.67. The van der Waals surface area contributed by atoms with Gasteiger partial charge in [-0.15, -0.1) is 0 Å². The Morgan fingerprint density at radius 2 is 2.18 bits per heavy atom. The molecule has 0 amide bonds. The highest BCUT2D eigenvalue weighted by Crippen LogP contribution is 2.14. The van der Waals surface area contributed by atoms with Crippen molar-refractivity contribution in [2.24, 2.45) is 5.73 Å². The van der Waals surface area contributed by atoms with E-state index in [1.54, 1.807) is 0 Å². The van der Waals surface area contributed by atoms with Gasteiger partial charge in [0.1, 0.15) is 6.17 Å². The number of hydrogen-bond donors (Lipinski definition) is 1. The lowest BCUT2D eigenvalue weighted by Gasteiger charge is -2.35. The second kappa shape index (κ2) is 3.50. The monoisotopic (exact) mass is 162 g/mol. The number of hydrogen-bond acceptors (Lipinski definition) is 2. The van der Waals surface area contributed by atoms with Gasteiger partial charge in [-0.3, -0.25) is 4.90 Å². The van der Waals surface area contributed by atoms with Gasteiger partial charge in [0.2, 0.25) is 0 Å². The molecule has 3 heteroatoms. The molecule has 11 heavy (non-hydrogen) atoms. The smallest absolute Gasteiger partial charge is 0.114 e. The SMILES string of the molecule is CC(C)N1CC(N)CC(F)C1.[HH]. The average Bonchev–Trinajstić information content (AvgIpc) is 1.85. The number of nitrogens with two attached hydrogens (primary N) is 1. The van der Waals surface area contributed by atoms with E-state index in [1.807, 2.05) is 0 Å². The zero-order chi connectivity index (χ0) is 8.43. The maximum absolute atomic E-state index is 12.9. The number of nitrogens with zero attached hydrogens (tertiary/aromatic N) is 1. The van der Waals surface area contributed by atoms with Crippen LogP contribution in [0.1, 0.15) is 21.7 Å². The van der Waals surface area contributed by atoms with Crippen LogP contribution in [0.3, 0.4) is 0 Å². The Morgan fingerprint density at radius 1 is 1.55 bits per heavy atom. The van der Waals surface area contributed by atoms with Crippen molar-refractivity contribution >= 4 is 0 Å². The van der Waals surface area contributed by atoms with Gasteiger partial charge in [0.25, 0.3) is 0 Å². The summed E-state index contributed by atoms with van der Waals surface area (Å²) in [4.78, 5) is 2.10. The lowest BCUT2D eigenvalue weighted by atomic mass is 10.0. The first-order valence-electron chi connectivity index (χ1n) is 4.23. The van der Waals surface area contributed by atoms with Crippen LogP contribution >= 0.6 is 0 Å². The number of rotatable bonds is 1. The fraction of sp³-hybridized carbons (Fsp3) is 1.00. The Bertz CT molecular complexity index is 122. The van der Waals surface area contributed by atoms with Crippen LogP contribution in [0.4, 0.5) is 4.39 Å². The summed E-state index contributed by atoms with van der Waals surface area (Å²) in [6.07, 6.45) is -0.190. The van der Waals surface area contributed by atoms with Gasteiger partial charge in [-0.2, -0.15) is 0 Å². The lowest BCUT2D eigenvalue weighted by molar-refractivity contribution is 0.0987. The van der Waals surface area contributed by atoms with Crippen molar-refractivity contribution in [3.63, 3.8) is 0 Å². The second-order valence-electron chi connectivity index (χ2n) is 3.64.